The Kier molecular flexibility index (Phi) is 4.97. The molecule has 2 N–H and O–H groups in total. The zero-order valence-corrected chi connectivity index (χ0v) is 12.8. The number of rotatable bonds is 5. The summed E-state index contributed by atoms with van der Waals surface area (Å²) >= 11 is 0. The molecule has 0 amide bonds. The summed E-state index contributed by atoms with van der Waals surface area (Å²) in [5, 5.41) is 0. The highest BCUT2D eigenvalue weighted by molar-refractivity contribution is 5.41. The number of halogens is 1. The van der Waals surface area contributed by atoms with Crippen LogP contribution in [0.4, 0.5) is 4.39 Å². The number of hydrogen-bond donors (Lipinski definition) is 1. The summed E-state index contributed by atoms with van der Waals surface area (Å²) in [6.07, 6.45) is 1.79. The minimum Gasteiger partial charge on any atom is -0.454 e. The second-order valence-corrected chi connectivity index (χ2v) is 5.51. The van der Waals surface area contributed by atoms with Gasteiger partial charge in [-0.05, 0) is 61.6 Å². The van der Waals surface area contributed by atoms with Gasteiger partial charge in [0.1, 0.15) is 5.75 Å². The van der Waals surface area contributed by atoms with Crippen LogP contribution in [0.25, 0.3) is 0 Å². The Morgan fingerprint density at radius 3 is 2.52 bits per heavy atom. The van der Waals surface area contributed by atoms with Crippen molar-refractivity contribution in [3.8, 4) is 11.5 Å². The van der Waals surface area contributed by atoms with Gasteiger partial charge in [-0.1, -0.05) is 25.1 Å². The predicted octanol–water partition coefficient (Wildman–Crippen LogP) is 4.51. The van der Waals surface area contributed by atoms with Crippen LogP contribution in [0.1, 0.15) is 30.0 Å². The maximum atomic E-state index is 13.7. The largest absolute Gasteiger partial charge is 0.454 e. The van der Waals surface area contributed by atoms with E-state index in [2.05, 4.69) is 13.0 Å². The minimum atomic E-state index is -0.350. The summed E-state index contributed by atoms with van der Waals surface area (Å²) in [7, 11) is 0. The number of benzene rings is 2. The molecule has 2 rings (SSSR count). The smallest absolute Gasteiger partial charge is 0.165 e. The van der Waals surface area contributed by atoms with Gasteiger partial charge in [0.2, 0.25) is 0 Å². The third-order valence-corrected chi connectivity index (χ3v) is 3.57. The van der Waals surface area contributed by atoms with Crippen molar-refractivity contribution in [2.75, 3.05) is 0 Å². The zero-order chi connectivity index (χ0) is 15.4. The lowest BCUT2D eigenvalue weighted by atomic mass is 10.0. The summed E-state index contributed by atoms with van der Waals surface area (Å²) in [5.41, 5.74) is 9.10. The van der Waals surface area contributed by atoms with Crippen molar-refractivity contribution in [1.82, 2.24) is 0 Å². The quantitative estimate of drug-likeness (QED) is 0.877. The lowest BCUT2D eigenvalue weighted by molar-refractivity contribution is 0.439. The van der Waals surface area contributed by atoms with Crippen molar-refractivity contribution in [1.29, 1.82) is 0 Å². The molecule has 112 valence electrons. The molecule has 3 heteroatoms. The Morgan fingerprint density at radius 2 is 1.86 bits per heavy atom. The second kappa shape index (κ2) is 6.72. The summed E-state index contributed by atoms with van der Waals surface area (Å²) in [6, 6.07) is 11.0. The van der Waals surface area contributed by atoms with E-state index >= 15 is 0 Å². The van der Waals surface area contributed by atoms with Gasteiger partial charge in [0.25, 0.3) is 0 Å². The molecule has 0 fully saturated rings. The van der Waals surface area contributed by atoms with Crippen molar-refractivity contribution < 1.29 is 9.13 Å². The first kappa shape index (κ1) is 15.5. The van der Waals surface area contributed by atoms with E-state index in [1.165, 1.54) is 11.6 Å². The lowest BCUT2D eigenvalue weighted by Gasteiger charge is -2.13. The van der Waals surface area contributed by atoms with Crippen molar-refractivity contribution >= 4 is 0 Å². The highest BCUT2D eigenvalue weighted by atomic mass is 19.1. The van der Waals surface area contributed by atoms with Crippen molar-refractivity contribution in [3.63, 3.8) is 0 Å². The van der Waals surface area contributed by atoms with E-state index in [-0.39, 0.29) is 17.6 Å². The average molecular weight is 287 g/mol. The number of hydrogen-bond acceptors (Lipinski definition) is 2. The number of nitrogens with two attached hydrogens (primary N) is 1. The second-order valence-electron chi connectivity index (χ2n) is 5.51. The molecule has 0 aliphatic rings. The monoisotopic (exact) mass is 287 g/mol. The first-order valence-electron chi connectivity index (χ1n) is 7.28. The highest BCUT2D eigenvalue weighted by Crippen LogP contribution is 2.28. The molecule has 2 aromatic rings. The van der Waals surface area contributed by atoms with E-state index in [1.807, 2.05) is 26.0 Å². The Labute approximate surface area is 125 Å². The molecule has 0 spiro atoms. The summed E-state index contributed by atoms with van der Waals surface area (Å²) in [6.45, 7) is 5.95. The molecule has 0 saturated heterocycles. The molecule has 2 aromatic carbocycles. The number of ether oxygens (including phenoxy) is 1. The Bertz CT molecular complexity index is 625. The fourth-order valence-corrected chi connectivity index (χ4v) is 2.21. The molecule has 0 saturated carbocycles. The summed E-state index contributed by atoms with van der Waals surface area (Å²) in [5.74, 6) is 0.585. The average Bonchev–Trinajstić information content (AvgIpc) is 2.45. The number of aryl methyl sites for hydroxylation is 2. The Morgan fingerprint density at radius 1 is 1.10 bits per heavy atom. The van der Waals surface area contributed by atoms with Gasteiger partial charge in [-0.15, -0.1) is 0 Å². The molecule has 1 atom stereocenters. The highest BCUT2D eigenvalue weighted by Gasteiger charge is 2.09. The lowest BCUT2D eigenvalue weighted by Crippen LogP contribution is -2.21. The van der Waals surface area contributed by atoms with Crippen LogP contribution in [-0.4, -0.2) is 6.04 Å². The van der Waals surface area contributed by atoms with Gasteiger partial charge in [0.05, 0.1) is 0 Å². The molecule has 2 nitrogen and oxygen atoms in total. The van der Waals surface area contributed by atoms with Crippen LogP contribution in [0.15, 0.2) is 36.4 Å². The van der Waals surface area contributed by atoms with Crippen molar-refractivity contribution in [2.24, 2.45) is 5.73 Å². The van der Waals surface area contributed by atoms with E-state index in [0.717, 1.165) is 24.0 Å². The van der Waals surface area contributed by atoms with Gasteiger partial charge in [0, 0.05) is 6.04 Å². The van der Waals surface area contributed by atoms with Crippen molar-refractivity contribution in [2.45, 2.75) is 39.7 Å². The van der Waals surface area contributed by atoms with Crippen LogP contribution < -0.4 is 10.5 Å². The van der Waals surface area contributed by atoms with E-state index in [1.54, 1.807) is 12.1 Å². The fourth-order valence-electron chi connectivity index (χ4n) is 2.21. The molecule has 0 heterocycles. The SMILES string of the molecule is CCC(N)Cc1ccc(Oc2cc(C)ccc2F)c(C)c1. The predicted molar refractivity (Wildman–Crippen MR) is 84.4 cm³/mol. The molecule has 0 radical (unpaired) electrons. The molecule has 0 bridgehead atoms. The molecule has 0 aromatic heterocycles. The Balaban J connectivity index is 2.19. The van der Waals surface area contributed by atoms with Crippen LogP contribution in [0.3, 0.4) is 0 Å². The van der Waals surface area contributed by atoms with Gasteiger partial charge >= 0.3 is 0 Å². The Hall–Kier alpha value is -1.87. The van der Waals surface area contributed by atoms with Gasteiger partial charge < -0.3 is 10.5 Å². The summed E-state index contributed by atoms with van der Waals surface area (Å²) in [4.78, 5) is 0. The van der Waals surface area contributed by atoms with E-state index in [0.29, 0.717) is 5.75 Å². The van der Waals surface area contributed by atoms with Crippen LogP contribution in [-0.2, 0) is 6.42 Å². The summed E-state index contributed by atoms with van der Waals surface area (Å²) < 4.78 is 19.4. The maximum Gasteiger partial charge on any atom is 0.165 e. The van der Waals surface area contributed by atoms with Gasteiger partial charge in [-0.25, -0.2) is 4.39 Å². The molecular weight excluding hydrogens is 265 g/mol. The normalized spacial score (nSPS) is 12.2. The van der Waals surface area contributed by atoms with Gasteiger partial charge in [0.15, 0.2) is 11.6 Å². The first-order valence-corrected chi connectivity index (χ1v) is 7.28. The molecule has 21 heavy (non-hydrogen) atoms. The van der Waals surface area contributed by atoms with E-state index < -0.39 is 0 Å². The topological polar surface area (TPSA) is 35.2 Å². The van der Waals surface area contributed by atoms with Gasteiger partial charge in [-0.3, -0.25) is 0 Å². The molecular formula is C18H22FNO. The fraction of sp³-hybridized carbons (Fsp3) is 0.333. The third-order valence-electron chi connectivity index (χ3n) is 3.57. The molecule has 1 unspecified atom stereocenters. The van der Waals surface area contributed by atoms with Crippen LogP contribution >= 0.6 is 0 Å². The standard InChI is InChI=1S/C18H22FNO/c1-4-15(20)11-14-6-8-17(13(3)10-14)21-18-9-12(2)5-7-16(18)19/h5-10,15H,4,11,20H2,1-3H3. The molecule has 0 aliphatic heterocycles. The van der Waals surface area contributed by atoms with Crippen LogP contribution in [0, 0.1) is 19.7 Å². The van der Waals surface area contributed by atoms with E-state index in [9.17, 15) is 4.39 Å². The molecule has 0 aliphatic carbocycles. The third kappa shape index (κ3) is 4.05. The van der Waals surface area contributed by atoms with E-state index in [4.69, 9.17) is 10.5 Å². The van der Waals surface area contributed by atoms with Crippen molar-refractivity contribution in [3.05, 3.63) is 58.9 Å². The van der Waals surface area contributed by atoms with Crippen LogP contribution in [0.2, 0.25) is 0 Å². The minimum absolute atomic E-state index is 0.172. The van der Waals surface area contributed by atoms with Gasteiger partial charge in [-0.2, -0.15) is 0 Å². The first-order chi connectivity index (χ1) is 9.99. The maximum absolute atomic E-state index is 13.7. The van der Waals surface area contributed by atoms with Crippen LogP contribution in [0.5, 0.6) is 11.5 Å². The zero-order valence-electron chi connectivity index (χ0n) is 12.8.